The number of fused-ring (bicyclic) bond motifs is 2. The van der Waals surface area contributed by atoms with Crippen LogP contribution in [-0.4, -0.2) is 42.2 Å². The molecule has 150 valence electrons. The first-order chi connectivity index (χ1) is 13.7. The smallest absolute Gasteiger partial charge is 0.420 e. The van der Waals surface area contributed by atoms with Crippen LogP contribution in [0.25, 0.3) is 0 Å². The summed E-state index contributed by atoms with van der Waals surface area (Å²) < 4.78 is 5.68. The van der Waals surface area contributed by atoms with Crippen molar-refractivity contribution < 1.29 is 9.53 Å². The Balaban J connectivity index is 1.67. The molecule has 28 heavy (non-hydrogen) atoms. The zero-order valence-electron chi connectivity index (χ0n) is 16.8. The third kappa shape index (κ3) is 5.06. The summed E-state index contributed by atoms with van der Waals surface area (Å²) in [5.41, 5.74) is 0.831. The van der Waals surface area contributed by atoms with Crippen molar-refractivity contribution in [2.75, 3.05) is 31.1 Å². The number of benzene rings is 1. The highest BCUT2D eigenvalue weighted by molar-refractivity contribution is 7.99. The first-order valence-corrected chi connectivity index (χ1v) is 11.0. The number of carbonyl (C=O) groups excluding carboxylic acids is 1. The van der Waals surface area contributed by atoms with Crippen LogP contribution in [0.5, 0.6) is 0 Å². The molecule has 0 atom stereocenters. The van der Waals surface area contributed by atoms with Gasteiger partial charge >= 0.3 is 6.09 Å². The number of hydrogen-bond acceptors (Lipinski definition) is 5. The molecule has 1 aromatic heterocycles. The van der Waals surface area contributed by atoms with Gasteiger partial charge in [-0.15, -0.1) is 0 Å². The van der Waals surface area contributed by atoms with E-state index in [1.54, 1.807) is 22.9 Å². The number of anilines is 2. The minimum atomic E-state index is -0.362. The summed E-state index contributed by atoms with van der Waals surface area (Å²) in [7, 11) is 0. The molecule has 5 nitrogen and oxygen atoms in total. The normalized spacial score (nSPS) is 12.6. The summed E-state index contributed by atoms with van der Waals surface area (Å²) in [4.78, 5) is 23.4. The number of para-hydroxylation sites is 1. The second kappa shape index (κ2) is 10.5. The van der Waals surface area contributed by atoms with Crippen LogP contribution in [0, 0.1) is 0 Å². The van der Waals surface area contributed by atoms with Gasteiger partial charge in [0, 0.05) is 17.6 Å². The lowest BCUT2D eigenvalue weighted by Gasteiger charge is -2.29. The third-order valence-electron chi connectivity index (χ3n) is 4.76. The SMILES string of the molecule is CCCCN(CCCC)CCOC(=O)N1c2ccccc2Sc2cccnc21. The Morgan fingerprint density at radius 3 is 2.50 bits per heavy atom. The number of hydrogen-bond donors (Lipinski definition) is 0. The maximum atomic E-state index is 13.0. The first kappa shape index (κ1) is 20.7. The van der Waals surface area contributed by atoms with Gasteiger partial charge in [-0.2, -0.15) is 0 Å². The van der Waals surface area contributed by atoms with Crippen LogP contribution >= 0.6 is 11.8 Å². The molecule has 0 spiro atoms. The van der Waals surface area contributed by atoms with E-state index in [9.17, 15) is 4.79 Å². The van der Waals surface area contributed by atoms with Gasteiger partial charge in [0.25, 0.3) is 0 Å². The fraction of sp³-hybridized carbons (Fsp3) is 0.455. The summed E-state index contributed by atoms with van der Waals surface area (Å²) in [6.45, 7) is 7.68. The van der Waals surface area contributed by atoms with E-state index in [0.717, 1.165) is 35.1 Å². The summed E-state index contributed by atoms with van der Waals surface area (Å²) in [6.07, 6.45) is 6.04. The van der Waals surface area contributed by atoms with Gasteiger partial charge in [0.2, 0.25) is 0 Å². The molecule has 0 N–H and O–H groups in total. The van der Waals surface area contributed by atoms with E-state index in [0.29, 0.717) is 12.4 Å². The van der Waals surface area contributed by atoms with E-state index in [-0.39, 0.29) is 6.09 Å². The van der Waals surface area contributed by atoms with Crippen molar-refractivity contribution in [1.82, 2.24) is 9.88 Å². The Morgan fingerprint density at radius 1 is 1.04 bits per heavy atom. The topological polar surface area (TPSA) is 45.7 Å². The minimum Gasteiger partial charge on any atom is -0.448 e. The first-order valence-electron chi connectivity index (χ1n) is 10.2. The molecule has 1 aliphatic rings. The molecular weight excluding hydrogens is 370 g/mol. The van der Waals surface area contributed by atoms with Crippen molar-refractivity contribution in [1.29, 1.82) is 0 Å². The molecule has 0 saturated carbocycles. The molecule has 0 saturated heterocycles. The molecule has 1 aliphatic heterocycles. The zero-order chi connectivity index (χ0) is 19.8. The van der Waals surface area contributed by atoms with E-state index in [1.165, 1.54) is 25.7 Å². The lowest BCUT2D eigenvalue weighted by Crippen LogP contribution is -2.34. The van der Waals surface area contributed by atoms with Gasteiger partial charge in [0.15, 0.2) is 5.82 Å². The second-order valence-electron chi connectivity index (χ2n) is 6.89. The second-order valence-corrected chi connectivity index (χ2v) is 7.98. The van der Waals surface area contributed by atoms with E-state index >= 15 is 0 Å². The van der Waals surface area contributed by atoms with E-state index < -0.39 is 0 Å². The third-order valence-corrected chi connectivity index (χ3v) is 5.86. The molecule has 0 radical (unpaired) electrons. The lowest BCUT2D eigenvalue weighted by atomic mass is 10.2. The van der Waals surface area contributed by atoms with Crippen LogP contribution in [0.4, 0.5) is 16.3 Å². The molecule has 0 unspecified atom stereocenters. The summed E-state index contributed by atoms with van der Waals surface area (Å²) in [5.74, 6) is 0.644. The van der Waals surface area contributed by atoms with Crippen molar-refractivity contribution >= 4 is 29.4 Å². The summed E-state index contributed by atoms with van der Waals surface area (Å²) >= 11 is 1.63. The highest BCUT2D eigenvalue weighted by Crippen LogP contribution is 2.46. The molecule has 3 rings (SSSR count). The van der Waals surface area contributed by atoms with Crippen molar-refractivity contribution in [3.63, 3.8) is 0 Å². The Bertz CT molecular complexity index is 730. The Hall–Kier alpha value is -2.05. The number of nitrogens with zero attached hydrogens (tertiary/aromatic N) is 3. The Kier molecular flexibility index (Phi) is 7.74. The summed E-state index contributed by atoms with van der Waals surface area (Å²) in [6, 6.07) is 11.8. The molecule has 0 aliphatic carbocycles. The molecule has 1 amide bonds. The van der Waals surface area contributed by atoms with Gasteiger partial charge in [-0.3, -0.25) is 4.90 Å². The molecular formula is C22H29N3O2S. The van der Waals surface area contributed by atoms with E-state index in [2.05, 4.69) is 23.7 Å². The van der Waals surface area contributed by atoms with Crippen LogP contribution < -0.4 is 4.90 Å². The average Bonchev–Trinajstić information content (AvgIpc) is 2.73. The standard InChI is InChI=1S/C22H29N3O2S/c1-3-5-14-24(15-6-4-2)16-17-27-22(26)25-18-10-7-8-11-19(18)28-20-12-9-13-23-21(20)25/h7-13H,3-6,14-17H2,1-2H3. The Morgan fingerprint density at radius 2 is 1.75 bits per heavy atom. The van der Waals surface area contributed by atoms with Crippen molar-refractivity contribution in [2.45, 2.75) is 49.3 Å². The van der Waals surface area contributed by atoms with Gasteiger partial charge in [0.05, 0.1) is 10.6 Å². The van der Waals surface area contributed by atoms with Gasteiger partial charge in [0.1, 0.15) is 6.61 Å². The van der Waals surface area contributed by atoms with Crippen LogP contribution in [0.1, 0.15) is 39.5 Å². The van der Waals surface area contributed by atoms with E-state index in [1.807, 2.05) is 36.4 Å². The molecule has 1 aromatic carbocycles. The van der Waals surface area contributed by atoms with Crippen LogP contribution in [-0.2, 0) is 4.74 Å². The predicted octanol–water partition coefficient (Wildman–Crippen LogP) is 5.72. The highest BCUT2D eigenvalue weighted by Gasteiger charge is 2.30. The minimum absolute atomic E-state index is 0.362. The fourth-order valence-electron chi connectivity index (χ4n) is 3.20. The lowest BCUT2D eigenvalue weighted by molar-refractivity contribution is 0.133. The number of pyridine rings is 1. The van der Waals surface area contributed by atoms with Gasteiger partial charge in [-0.25, -0.2) is 14.7 Å². The number of carbonyl (C=O) groups is 1. The molecule has 2 heterocycles. The monoisotopic (exact) mass is 399 g/mol. The molecule has 0 bridgehead atoms. The van der Waals surface area contributed by atoms with Crippen molar-refractivity contribution in [2.24, 2.45) is 0 Å². The van der Waals surface area contributed by atoms with Crippen LogP contribution in [0.2, 0.25) is 0 Å². The molecule has 6 heteroatoms. The molecule has 2 aromatic rings. The van der Waals surface area contributed by atoms with Gasteiger partial charge < -0.3 is 4.74 Å². The largest absolute Gasteiger partial charge is 0.448 e. The van der Waals surface area contributed by atoms with Gasteiger partial charge in [-0.1, -0.05) is 50.6 Å². The van der Waals surface area contributed by atoms with Crippen molar-refractivity contribution in [3.05, 3.63) is 42.6 Å². The number of rotatable bonds is 9. The Labute approximate surface area is 172 Å². The highest BCUT2D eigenvalue weighted by atomic mass is 32.2. The van der Waals surface area contributed by atoms with Crippen molar-refractivity contribution in [3.8, 4) is 0 Å². The van der Waals surface area contributed by atoms with Crippen LogP contribution in [0.3, 0.4) is 0 Å². The maximum absolute atomic E-state index is 13.0. The fourth-order valence-corrected chi connectivity index (χ4v) is 4.23. The van der Waals surface area contributed by atoms with E-state index in [4.69, 9.17) is 4.74 Å². The predicted molar refractivity (Wildman–Crippen MR) is 115 cm³/mol. The maximum Gasteiger partial charge on any atom is 0.420 e. The number of aromatic nitrogens is 1. The number of ether oxygens (including phenoxy) is 1. The zero-order valence-corrected chi connectivity index (χ0v) is 17.6. The average molecular weight is 400 g/mol. The summed E-state index contributed by atoms with van der Waals surface area (Å²) in [5, 5.41) is 0. The number of unbranched alkanes of at least 4 members (excludes halogenated alkanes) is 2. The van der Waals surface area contributed by atoms with Crippen LogP contribution in [0.15, 0.2) is 52.4 Å². The number of amides is 1. The molecule has 0 fully saturated rings. The van der Waals surface area contributed by atoms with Gasteiger partial charge in [-0.05, 0) is 50.2 Å². The quantitative estimate of drug-likeness (QED) is 0.539.